The van der Waals surface area contributed by atoms with Gasteiger partial charge in [-0.05, 0) is 27.8 Å². The van der Waals surface area contributed by atoms with E-state index in [1.54, 1.807) is 12.1 Å². The number of rotatable bonds is 4. The Balaban J connectivity index is 1.61. The van der Waals surface area contributed by atoms with Gasteiger partial charge in [-0.25, -0.2) is 9.78 Å². The number of benzene rings is 2. The third-order valence-electron chi connectivity index (χ3n) is 4.04. The Morgan fingerprint density at radius 1 is 1.00 bits per heavy atom. The van der Waals surface area contributed by atoms with Crippen molar-refractivity contribution < 1.29 is 19.7 Å². The lowest BCUT2D eigenvalue weighted by Gasteiger charge is -2.09. The molecule has 0 aliphatic rings. The maximum Gasteiger partial charge on any atom is 0.361 e. The summed E-state index contributed by atoms with van der Waals surface area (Å²) in [6, 6.07) is 17.0. The Hall–Kier alpha value is -3.45. The zero-order valence-electron chi connectivity index (χ0n) is 14.0. The summed E-state index contributed by atoms with van der Waals surface area (Å²) in [5, 5.41) is 23.7. The van der Waals surface area contributed by atoms with Gasteiger partial charge >= 0.3 is 5.97 Å². The molecular formula is C20H14N2O4S. The monoisotopic (exact) mass is 378 g/mol. The second-order valence-electron chi connectivity index (χ2n) is 5.76. The number of aromatic nitrogens is 2. The molecule has 2 aromatic heterocycles. The van der Waals surface area contributed by atoms with Gasteiger partial charge < -0.3 is 14.9 Å². The molecule has 7 heteroatoms. The van der Waals surface area contributed by atoms with Gasteiger partial charge in [0.15, 0.2) is 11.5 Å². The van der Waals surface area contributed by atoms with Crippen LogP contribution in [0.3, 0.4) is 0 Å². The maximum absolute atomic E-state index is 12.5. The number of fused-ring (bicyclic) bond motifs is 1. The van der Waals surface area contributed by atoms with E-state index in [0.29, 0.717) is 4.88 Å². The Morgan fingerprint density at radius 2 is 1.81 bits per heavy atom. The number of thiophene rings is 1. The van der Waals surface area contributed by atoms with Crippen LogP contribution in [0.5, 0.6) is 11.6 Å². The maximum atomic E-state index is 12.5. The van der Waals surface area contributed by atoms with E-state index in [2.05, 4.69) is 9.97 Å². The summed E-state index contributed by atoms with van der Waals surface area (Å²) in [4.78, 5) is 21.0. The Morgan fingerprint density at radius 3 is 2.63 bits per heavy atom. The molecule has 0 aliphatic carbocycles. The Bertz CT molecular complexity index is 1120. The molecule has 4 aromatic rings. The highest BCUT2D eigenvalue weighted by molar-refractivity contribution is 7.13. The smallest absolute Gasteiger partial charge is 0.361 e. The quantitative estimate of drug-likeness (QED) is 0.519. The van der Waals surface area contributed by atoms with Crippen molar-refractivity contribution >= 4 is 28.1 Å². The number of hydrogen-bond donors (Lipinski definition) is 2. The van der Waals surface area contributed by atoms with Gasteiger partial charge in [0.05, 0.1) is 4.88 Å². The summed E-state index contributed by atoms with van der Waals surface area (Å²) in [6.07, 6.45) is 0. The second-order valence-corrected chi connectivity index (χ2v) is 6.71. The summed E-state index contributed by atoms with van der Waals surface area (Å²) < 4.78 is 5.33. The van der Waals surface area contributed by atoms with Crippen molar-refractivity contribution in [2.45, 2.75) is 6.61 Å². The summed E-state index contributed by atoms with van der Waals surface area (Å²) in [5.41, 5.74) is 0.462. The van der Waals surface area contributed by atoms with Crippen LogP contribution in [0, 0.1) is 0 Å². The van der Waals surface area contributed by atoms with Crippen LogP contribution < -0.4 is 0 Å². The van der Waals surface area contributed by atoms with Crippen LogP contribution in [0.1, 0.15) is 16.1 Å². The van der Waals surface area contributed by atoms with Gasteiger partial charge in [-0.3, -0.25) is 0 Å². The zero-order valence-corrected chi connectivity index (χ0v) is 14.8. The van der Waals surface area contributed by atoms with Crippen molar-refractivity contribution in [2.75, 3.05) is 0 Å². The molecule has 27 heavy (non-hydrogen) atoms. The van der Waals surface area contributed by atoms with E-state index >= 15 is 0 Å². The SMILES string of the molecule is O=C(OCc1cccc2ccccc12)c1nc(-c2cccs2)nc(O)c1O. The molecule has 2 aromatic carbocycles. The zero-order chi connectivity index (χ0) is 18.8. The van der Waals surface area contributed by atoms with Crippen LogP contribution in [0.2, 0.25) is 0 Å². The van der Waals surface area contributed by atoms with E-state index in [1.807, 2.05) is 47.8 Å². The van der Waals surface area contributed by atoms with Gasteiger partial charge in [0, 0.05) is 0 Å². The first-order chi connectivity index (χ1) is 13.1. The highest BCUT2D eigenvalue weighted by Gasteiger charge is 2.22. The molecule has 0 spiro atoms. The standard InChI is InChI=1S/C20H14N2O4S/c23-17-16(21-18(22-19(17)24)15-9-4-10-27-15)20(25)26-11-13-7-3-6-12-5-1-2-8-14(12)13/h1-10,23H,11H2,(H,21,22,24). The number of nitrogens with zero attached hydrogens (tertiary/aromatic N) is 2. The van der Waals surface area contributed by atoms with Gasteiger partial charge in [-0.1, -0.05) is 48.5 Å². The van der Waals surface area contributed by atoms with E-state index in [-0.39, 0.29) is 18.1 Å². The lowest BCUT2D eigenvalue weighted by atomic mass is 10.1. The molecular weight excluding hydrogens is 364 g/mol. The van der Waals surface area contributed by atoms with Crippen LogP contribution in [-0.4, -0.2) is 26.2 Å². The van der Waals surface area contributed by atoms with Gasteiger partial charge in [0.1, 0.15) is 6.61 Å². The van der Waals surface area contributed by atoms with E-state index in [1.165, 1.54) is 11.3 Å². The fourth-order valence-corrected chi connectivity index (χ4v) is 3.39. The van der Waals surface area contributed by atoms with E-state index < -0.39 is 17.6 Å². The molecule has 0 unspecified atom stereocenters. The van der Waals surface area contributed by atoms with Crippen molar-refractivity contribution in [1.82, 2.24) is 9.97 Å². The lowest BCUT2D eigenvalue weighted by molar-refractivity contribution is 0.0462. The number of carbonyl (C=O) groups excluding carboxylic acids is 1. The van der Waals surface area contributed by atoms with Crippen molar-refractivity contribution in [2.24, 2.45) is 0 Å². The first kappa shape index (κ1) is 17.0. The average molecular weight is 378 g/mol. The van der Waals surface area contributed by atoms with E-state index in [9.17, 15) is 15.0 Å². The molecule has 0 saturated carbocycles. The minimum atomic E-state index is -0.837. The molecule has 0 saturated heterocycles. The number of aromatic hydroxyl groups is 2. The largest absolute Gasteiger partial charge is 0.501 e. The minimum absolute atomic E-state index is 0.0126. The van der Waals surface area contributed by atoms with Crippen molar-refractivity contribution in [1.29, 1.82) is 0 Å². The third kappa shape index (κ3) is 3.32. The Kier molecular flexibility index (Phi) is 4.43. The highest BCUT2D eigenvalue weighted by atomic mass is 32.1. The molecule has 0 fully saturated rings. The number of ether oxygens (including phenoxy) is 1. The van der Waals surface area contributed by atoms with Crippen molar-refractivity contribution in [3.63, 3.8) is 0 Å². The number of hydrogen-bond acceptors (Lipinski definition) is 7. The summed E-state index contributed by atoms with van der Waals surface area (Å²) in [5.74, 6) is -2.04. The van der Waals surface area contributed by atoms with Gasteiger partial charge in [0.25, 0.3) is 5.88 Å². The van der Waals surface area contributed by atoms with Gasteiger partial charge in [-0.15, -0.1) is 11.3 Å². The van der Waals surface area contributed by atoms with Crippen LogP contribution in [0.15, 0.2) is 60.0 Å². The lowest BCUT2D eigenvalue weighted by Crippen LogP contribution is -2.09. The summed E-state index contributed by atoms with van der Waals surface area (Å²) >= 11 is 1.35. The predicted molar refractivity (Wildman–Crippen MR) is 102 cm³/mol. The predicted octanol–water partition coefficient (Wildman–Crippen LogP) is 4.13. The fourth-order valence-electron chi connectivity index (χ4n) is 2.73. The van der Waals surface area contributed by atoms with Crippen molar-refractivity contribution in [3.05, 3.63) is 71.2 Å². The van der Waals surface area contributed by atoms with Crippen LogP contribution in [0.4, 0.5) is 0 Å². The van der Waals surface area contributed by atoms with Crippen LogP contribution >= 0.6 is 11.3 Å². The third-order valence-corrected chi connectivity index (χ3v) is 4.91. The fraction of sp³-hybridized carbons (Fsp3) is 0.0500. The minimum Gasteiger partial charge on any atom is -0.501 e. The molecule has 6 nitrogen and oxygen atoms in total. The summed E-state index contributed by atoms with van der Waals surface area (Å²) in [6.45, 7) is 0.0126. The molecule has 0 atom stereocenters. The molecule has 0 amide bonds. The summed E-state index contributed by atoms with van der Waals surface area (Å²) in [7, 11) is 0. The number of esters is 1. The van der Waals surface area contributed by atoms with E-state index in [0.717, 1.165) is 16.3 Å². The second kappa shape index (κ2) is 7.05. The Labute approximate surface area is 158 Å². The first-order valence-electron chi connectivity index (χ1n) is 8.11. The number of carbonyl (C=O) groups is 1. The molecule has 0 radical (unpaired) electrons. The van der Waals surface area contributed by atoms with E-state index in [4.69, 9.17) is 4.74 Å². The topological polar surface area (TPSA) is 92.5 Å². The highest BCUT2D eigenvalue weighted by Crippen LogP contribution is 2.31. The molecule has 4 rings (SSSR count). The van der Waals surface area contributed by atoms with Gasteiger partial charge in [-0.2, -0.15) is 4.98 Å². The molecule has 0 bridgehead atoms. The molecule has 2 heterocycles. The van der Waals surface area contributed by atoms with Gasteiger partial charge in [0.2, 0.25) is 5.75 Å². The normalized spacial score (nSPS) is 10.8. The van der Waals surface area contributed by atoms with Crippen LogP contribution in [0.25, 0.3) is 21.5 Å². The molecule has 134 valence electrons. The van der Waals surface area contributed by atoms with Crippen LogP contribution in [-0.2, 0) is 11.3 Å². The molecule has 0 aliphatic heterocycles. The first-order valence-corrected chi connectivity index (χ1v) is 8.99. The van der Waals surface area contributed by atoms with Crippen molar-refractivity contribution in [3.8, 4) is 22.3 Å². The average Bonchev–Trinajstić information content (AvgIpc) is 3.23. The molecule has 2 N–H and O–H groups in total.